The summed E-state index contributed by atoms with van der Waals surface area (Å²) < 4.78 is 37.4. The highest BCUT2D eigenvalue weighted by atomic mass is 19.4. The number of rotatable bonds is 3. The molecule has 2 N–H and O–H groups in total. The molecule has 1 aliphatic carbocycles. The lowest BCUT2D eigenvalue weighted by atomic mass is 10.0. The number of nitrogens with zero attached hydrogens (tertiary/aromatic N) is 1. The van der Waals surface area contributed by atoms with Crippen molar-refractivity contribution in [3.8, 4) is 17.0 Å². The van der Waals surface area contributed by atoms with Gasteiger partial charge in [-0.3, -0.25) is 5.10 Å². The molecule has 0 unspecified atom stereocenters. The number of aromatic amines is 1. The second-order valence-electron chi connectivity index (χ2n) is 6.86. The van der Waals surface area contributed by atoms with Crippen LogP contribution in [0.2, 0.25) is 0 Å². The molecule has 1 saturated carbocycles. The van der Waals surface area contributed by atoms with Gasteiger partial charge in [-0.25, -0.2) is 4.79 Å². The average Bonchev–Trinajstić information content (AvgIpc) is 3.38. The number of aromatic nitrogens is 2. The fourth-order valence-corrected chi connectivity index (χ4v) is 3.59. The van der Waals surface area contributed by atoms with Crippen molar-refractivity contribution in [1.82, 2.24) is 10.2 Å². The Labute approximate surface area is 165 Å². The van der Waals surface area contributed by atoms with Gasteiger partial charge in [0, 0.05) is 22.6 Å². The number of hydrogen-bond donors (Lipinski definition) is 2. The van der Waals surface area contributed by atoms with Gasteiger partial charge in [0.25, 0.3) is 0 Å². The summed E-state index contributed by atoms with van der Waals surface area (Å²) in [5.74, 6) is -1.21. The van der Waals surface area contributed by atoms with E-state index in [4.69, 9.17) is 14.6 Å². The molecule has 1 heterocycles. The molecule has 1 aromatic heterocycles. The van der Waals surface area contributed by atoms with Crippen molar-refractivity contribution in [3.05, 3.63) is 48.2 Å². The molecule has 0 radical (unpaired) electrons. The summed E-state index contributed by atoms with van der Waals surface area (Å²) in [7, 11) is 1.73. The number of methoxy groups -OCH3 is 1. The fraction of sp³-hybridized carbons (Fsp3) is 0.333. The Hall–Kier alpha value is -3.03. The largest absolute Gasteiger partial charge is 0.495 e. The predicted octanol–water partition coefficient (Wildman–Crippen LogP) is 5.53. The molecular formula is C21H21F3N2O3. The van der Waals surface area contributed by atoms with Crippen LogP contribution in [0, 0.1) is 0 Å². The smallest absolute Gasteiger partial charge is 0.490 e. The number of fused-ring (bicyclic) bond motifs is 1. The molecule has 1 fully saturated rings. The average molecular weight is 406 g/mol. The van der Waals surface area contributed by atoms with Crippen LogP contribution in [-0.2, 0) is 4.79 Å². The third-order valence-electron chi connectivity index (χ3n) is 4.99. The van der Waals surface area contributed by atoms with Gasteiger partial charge >= 0.3 is 12.1 Å². The zero-order valence-electron chi connectivity index (χ0n) is 15.8. The van der Waals surface area contributed by atoms with Gasteiger partial charge < -0.3 is 9.84 Å². The number of alkyl halides is 3. The summed E-state index contributed by atoms with van der Waals surface area (Å²) in [6.45, 7) is 0. The number of carboxylic acids is 1. The van der Waals surface area contributed by atoms with E-state index in [2.05, 4.69) is 40.5 Å². The van der Waals surface area contributed by atoms with Gasteiger partial charge in [-0.2, -0.15) is 18.3 Å². The molecule has 8 heteroatoms. The van der Waals surface area contributed by atoms with Gasteiger partial charge in [0.05, 0.1) is 12.8 Å². The van der Waals surface area contributed by atoms with E-state index < -0.39 is 12.1 Å². The van der Waals surface area contributed by atoms with Gasteiger partial charge in [0.15, 0.2) is 0 Å². The van der Waals surface area contributed by atoms with Gasteiger partial charge in [-0.05, 0) is 30.4 Å². The summed E-state index contributed by atoms with van der Waals surface area (Å²) in [6.07, 6.45) is 0.129. The van der Waals surface area contributed by atoms with E-state index in [1.807, 2.05) is 12.1 Å². The molecule has 0 saturated heterocycles. The molecule has 0 bridgehead atoms. The van der Waals surface area contributed by atoms with Gasteiger partial charge in [-0.1, -0.05) is 43.2 Å². The number of aliphatic carboxylic acids is 1. The Morgan fingerprint density at radius 3 is 2.45 bits per heavy atom. The Morgan fingerprint density at radius 1 is 1.17 bits per heavy atom. The Morgan fingerprint density at radius 2 is 1.83 bits per heavy atom. The number of ether oxygens (including phenoxy) is 1. The van der Waals surface area contributed by atoms with Crippen LogP contribution in [-0.4, -0.2) is 34.6 Å². The van der Waals surface area contributed by atoms with Crippen LogP contribution in [0.5, 0.6) is 5.75 Å². The van der Waals surface area contributed by atoms with Crippen LogP contribution in [0.3, 0.4) is 0 Å². The normalized spacial score (nSPS) is 14.5. The Kier molecular flexibility index (Phi) is 6.10. The molecule has 0 atom stereocenters. The number of carbonyl (C=O) groups is 1. The second-order valence-corrected chi connectivity index (χ2v) is 6.86. The van der Waals surface area contributed by atoms with Crippen molar-refractivity contribution < 1.29 is 27.8 Å². The van der Waals surface area contributed by atoms with E-state index in [1.165, 1.54) is 36.8 Å². The molecule has 1 aliphatic rings. The van der Waals surface area contributed by atoms with Crippen LogP contribution in [0.1, 0.15) is 37.3 Å². The van der Waals surface area contributed by atoms with Crippen molar-refractivity contribution in [1.29, 1.82) is 0 Å². The number of hydrogen-bond acceptors (Lipinski definition) is 3. The van der Waals surface area contributed by atoms with E-state index in [0.717, 1.165) is 22.4 Å². The lowest BCUT2D eigenvalue weighted by Gasteiger charge is -2.10. The third-order valence-corrected chi connectivity index (χ3v) is 4.99. The molecule has 29 heavy (non-hydrogen) atoms. The molecule has 4 rings (SSSR count). The highest BCUT2D eigenvalue weighted by molar-refractivity contribution is 5.94. The van der Waals surface area contributed by atoms with Crippen molar-refractivity contribution in [2.45, 2.75) is 37.8 Å². The van der Waals surface area contributed by atoms with Gasteiger partial charge in [-0.15, -0.1) is 0 Å². The number of carboxylic acid groups (broad SMARTS) is 1. The summed E-state index contributed by atoms with van der Waals surface area (Å²) >= 11 is 0. The maximum Gasteiger partial charge on any atom is 0.490 e. The third kappa shape index (κ3) is 4.70. The van der Waals surface area contributed by atoms with Crippen LogP contribution >= 0.6 is 0 Å². The second kappa shape index (κ2) is 8.55. The van der Waals surface area contributed by atoms with Gasteiger partial charge in [0.1, 0.15) is 5.75 Å². The molecule has 0 aliphatic heterocycles. The predicted molar refractivity (Wildman–Crippen MR) is 103 cm³/mol. The molecule has 2 aromatic carbocycles. The number of benzene rings is 2. The summed E-state index contributed by atoms with van der Waals surface area (Å²) in [5.41, 5.74) is 3.30. The summed E-state index contributed by atoms with van der Waals surface area (Å²) in [5, 5.41) is 17.2. The summed E-state index contributed by atoms with van der Waals surface area (Å²) in [6, 6.07) is 14.7. The fourth-order valence-electron chi connectivity index (χ4n) is 3.59. The highest BCUT2D eigenvalue weighted by Gasteiger charge is 2.38. The molecule has 154 valence electrons. The minimum atomic E-state index is -5.08. The van der Waals surface area contributed by atoms with Crippen molar-refractivity contribution in [2.24, 2.45) is 0 Å². The Balaban J connectivity index is 0.000000298. The quantitative estimate of drug-likeness (QED) is 0.600. The first-order chi connectivity index (χ1) is 13.8. The molecular weight excluding hydrogens is 385 g/mol. The summed E-state index contributed by atoms with van der Waals surface area (Å²) in [4.78, 5) is 8.90. The lowest BCUT2D eigenvalue weighted by Crippen LogP contribution is -2.21. The Bertz CT molecular complexity index is 992. The zero-order chi connectivity index (χ0) is 21.0. The highest BCUT2D eigenvalue weighted by Crippen LogP contribution is 2.38. The minimum absolute atomic E-state index is 0.646. The van der Waals surface area contributed by atoms with E-state index in [-0.39, 0.29) is 0 Å². The molecule has 0 spiro atoms. The van der Waals surface area contributed by atoms with E-state index in [0.29, 0.717) is 5.92 Å². The molecule has 5 nitrogen and oxygen atoms in total. The van der Waals surface area contributed by atoms with Crippen LogP contribution in [0.25, 0.3) is 22.0 Å². The van der Waals surface area contributed by atoms with Crippen molar-refractivity contribution in [2.75, 3.05) is 7.11 Å². The first-order valence-corrected chi connectivity index (χ1v) is 9.22. The lowest BCUT2D eigenvalue weighted by molar-refractivity contribution is -0.192. The van der Waals surface area contributed by atoms with Crippen LogP contribution in [0.4, 0.5) is 13.2 Å². The number of nitrogens with one attached hydrogen (secondary N) is 1. The van der Waals surface area contributed by atoms with E-state index >= 15 is 0 Å². The van der Waals surface area contributed by atoms with Crippen LogP contribution in [0.15, 0.2) is 42.5 Å². The maximum absolute atomic E-state index is 10.6. The SMILES string of the molecule is COc1c(-c2cc(C3CCCC3)[nH]n2)ccc2ccccc12.O=C(O)C(F)(F)F. The first-order valence-electron chi connectivity index (χ1n) is 9.22. The van der Waals surface area contributed by atoms with Gasteiger partial charge in [0.2, 0.25) is 0 Å². The minimum Gasteiger partial charge on any atom is -0.495 e. The molecule has 3 aromatic rings. The van der Waals surface area contributed by atoms with E-state index in [9.17, 15) is 13.2 Å². The van der Waals surface area contributed by atoms with E-state index in [1.54, 1.807) is 7.11 Å². The number of halogens is 3. The number of H-pyrrole nitrogens is 1. The first kappa shape index (κ1) is 20.7. The standard InChI is InChI=1S/C19H20N2O.C2HF3O2/c1-22-19-15-9-5-4-6-13(15)10-11-16(19)18-12-17(20-21-18)14-7-2-3-8-14;3-2(4,5)1(6)7/h4-6,9-12,14H,2-3,7-8H2,1H3,(H,20,21);(H,6,7). The van der Waals surface area contributed by atoms with Crippen molar-refractivity contribution in [3.63, 3.8) is 0 Å². The monoisotopic (exact) mass is 406 g/mol. The maximum atomic E-state index is 10.6. The molecule has 0 amide bonds. The van der Waals surface area contributed by atoms with Crippen molar-refractivity contribution >= 4 is 16.7 Å². The topological polar surface area (TPSA) is 75.2 Å². The zero-order valence-corrected chi connectivity index (χ0v) is 15.8. The van der Waals surface area contributed by atoms with Crippen LogP contribution < -0.4 is 4.74 Å².